The lowest BCUT2D eigenvalue weighted by atomic mass is 10.4. The van der Waals surface area contributed by atoms with Crippen LogP contribution in [0.1, 0.15) is 80.6 Å². The Morgan fingerprint density at radius 2 is 0.865 bits per heavy atom. The van der Waals surface area contributed by atoms with Crippen LogP contribution in [0.3, 0.4) is 0 Å². The molecular weight excluding hydrogens is 512 g/mol. The maximum Gasteiger partial charge on any atom is 0.540 e. The second-order valence-corrected chi connectivity index (χ2v) is 14.4. The highest BCUT2D eigenvalue weighted by Crippen LogP contribution is 2.14. The van der Waals surface area contributed by atoms with Gasteiger partial charge in [-0.2, -0.15) is 0 Å². The predicted molar refractivity (Wildman–Crippen MR) is 150 cm³/mol. The number of carbonyl (C=O) groups excluding carboxylic acids is 2. The lowest BCUT2D eigenvalue weighted by Crippen LogP contribution is -2.52. The Morgan fingerprint density at radius 3 is 1.16 bits per heavy atom. The van der Waals surface area contributed by atoms with Gasteiger partial charge in [-0.05, 0) is 52.5 Å². The first-order chi connectivity index (χ1) is 17.5. The average Bonchev–Trinajstić information content (AvgIpc) is 2.88. The Hall–Kier alpha value is -1.35. The molecule has 0 aliphatic heterocycles. The zero-order chi connectivity index (χ0) is 28.7. The maximum atomic E-state index is 11.5. The van der Waals surface area contributed by atoms with E-state index >= 15 is 0 Å². The van der Waals surface area contributed by atoms with Crippen molar-refractivity contribution in [3.63, 3.8) is 0 Å². The third-order valence-electron chi connectivity index (χ3n) is 4.34. The molecule has 0 saturated carbocycles. The molecule has 0 unspecified atom stereocenters. The van der Waals surface area contributed by atoms with Gasteiger partial charge in [-0.15, -0.1) is 0 Å². The standard InChI is InChI=1S/C14H28O5Si.C12H24O4Si/c1-6-9-17-20(18-10-7-2,19-11-8-3)12-16-14(15)13(4)5;1-6-8-15-17(5,16-9-7-2)10-14-12(13)11(3)4/h4,6-12H2,1-3,5H3;3,6-10H2,1-2,4-5H3. The molecule has 0 aromatic heterocycles. The first-order valence-corrected chi connectivity index (χ1v) is 17.8. The van der Waals surface area contributed by atoms with Crippen molar-refractivity contribution in [2.75, 3.05) is 45.5 Å². The Balaban J connectivity index is 0. The van der Waals surface area contributed by atoms with Gasteiger partial charge in [-0.25, -0.2) is 9.59 Å². The molecule has 0 fully saturated rings. The molecule has 11 heteroatoms. The number of rotatable bonds is 21. The summed E-state index contributed by atoms with van der Waals surface area (Å²) in [5, 5.41) is 0. The molecule has 0 spiro atoms. The summed E-state index contributed by atoms with van der Waals surface area (Å²) in [6, 6.07) is 0. The number of carbonyl (C=O) groups is 2. The van der Waals surface area contributed by atoms with Crippen molar-refractivity contribution in [3.05, 3.63) is 24.3 Å². The van der Waals surface area contributed by atoms with E-state index in [0.29, 0.717) is 44.2 Å². The van der Waals surface area contributed by atoms with E-state index in [0.717, 1.165) is 32.1 Å². The second kappa shape index (κ2) is 22.6. The van der Waals surface area contributed by atoms with Crippen LogP contribution in [0.15, 0.2) is 24.3 Å². The van der Waals surface area contributed by atoms with Gasteiger partial charge in [0.1, 0.15) is 6.23 Å². The van der Waals surface area contributed by atoms with Crippen molar-refractivity contribution in [1.29, 1.82) is 0 Å². The third kappa shape index (κ3) is 19.4. The van der Waals surface area contributed by atoms with Gasteiger partial charge in [0.2, 0.25) is 0 Å². The summed E-state index contributed by atoms with van der Waals surface area (Å²) < 4.78 is 39.2. The molecule has 0 aromatic rings. The zero-order valence-electron chi connectivity index (χ0n) is 24.6. The van der Waals surface area contributed by atoms with Crippen LogP contribution in [0.4, 0.5) is 0 Å². The summed E-state index contributed by atoms with van der Waals surface area (Å²) in [5.41, 5.74) is 0.752. The Morgan fingerprint density at radius 1 is 0.568 bits per heavy atom. The topological polar surface area (TPSA) is 98.8 Å². The van der Waals surface area contributed by atoms with Crippen molar-refractivity contribution < 1.29 is 41.2 Å². The normalized spacial score (nSPS) is 11.4. The van der Waals surface area contributed by atoms with E-state index < -0.39 is 23.3 Å². The van der Waals surface area contributed by atoms with Gasteiger partial charge in [0.05, 0.1) is 0 Å². The van der Waals surface area contributed by atoms with Crippen LogP contribution in [0.25, 0.3) is 0 Å². The number of esters is 2. The van der Waals surface area contributed by atoms with Gasteiger partial charge in [0.25, 0.3) is 0 Å². The van der Waals surface area contributed by atoms with Gasteiger partial charge in [-0.1, -0.05) is 47.8 Å². The highest BCUT2D eigenvalue weighted by molar-refractivity contribution is 6.66. The Labute approximate surface area is 227 Å². The first-order valence-electron chi connectivity index (χ1n) is 13.3. The first kappa shape index (κ1) is 37.8. The largest absolute Gasteiger partial charge is 0.540 e. The summed E-state index contributed by atoms with van der Waals surface area (Å²) in [5.74, 6) is -0.828. The van der Waals surface area contributed by atoms with Crippen LogP contribution in [-0.4, -0.2) is 74.8 Å². The van der Waals surface area contributed by atoms with Crippen molar-refractivity contribution in [2.45, 2.75) is 87.1 Å². The van der Waals surface area contributed by atoms with Crippen LogP contribution >= 0.6 is 0 Å². The van der Waals surface area contributed by atoms with Crippen LogP contribution in [-0.2, 0) is 41.2 Å². The van der Waals surface area contributed by atoms with Crippen molar-refractivity contribution in [3.8, 4) is 0 Å². The van der Waals surface area contributed by atoms with Crippen molar-refractivity contribution in [2.24, 2.45) is 0 Å². The molecule has 0 amide bonds. The van der Waals surface area contributed by atoms with Crippen molar-refractivity contribution >= 4 is 29.3 Å². The fourth-order valence-electron chi connectivity index (χ4n) is 2.38. The van der Waals surface area contributed by atoms with Gasteiger partial charge < -0.3 is 31.6 Å². The van der Waals surface area contributed by atoms with Crippen LogP contribution < -0.4 is 0 Å². The van der Waals surface area contributed by atoms with E-state index in [-0.39, 0.29) is 18.4 Å². The molecule has 0 radical (unpaired) electrons. The van der Waals surface area contributed by atoms with E-state index in [1.807, 2.05) is 41.2 Å². The van der Waals surface area contributed by atoms with Gasteiger partial charge in [-0.3, -0.25) is 0 Å². The highest BCUT2D eigenvalue weighted by Gasteiger charge is 2.43. The lowest BCUT2D eigenvalue weighted by Gasteiger charge is -2.28. The van der Waals surface area contributed by atoms with E-state index in [1.165, 1.54) is 0 Å². The van der Waals surface area contributed by atoms with Gasteiger partial charge in [0.15, 0.2) is 6.23 Å². The minimum absolute atomic E-state index is 0.0404. The second-order valence-electron chi connectivity index (χ2n) is 8.77. The molecule has 9 nitrogen and oxygen atoms in total. The molecule has 37 heavy (non-hydrogen) atoms. The molecule has 0 aliphatic carbocycles. The molecular formula is C26H52O9Si2. The summed E-state index contributed by atoms with van der Waals surface area (Å²) >= 11 is 0. The number of ether oxygens (including phenoxy) is 2. The molecule has 0 heterocycles. The molecule has 0 aromatic carbocycles. The average molecular weight is 565 g/mol. The SMILES string of the molecule is C=C(C)C(=O)OC[Si](C)(OCCC)OCCC.C=C(C)C(=O)OC[Si](OCCC)(OCCC)OCCC. The summed E-state index contributed by atoms with van der Waals surface area (Å²) in [6.45, 7) is 25.2. The van der Waals surface area contributed by atoms with Crippen LogP contribution in [0.5, 0.6) is 0 Å². The lowest BCUT2D eigenvalue weighted by molar-refractivity contribution is -0.139. The van der Waals surface area contributed by atoms with E-state index in [4.69, 9.17) is 31.6 Å². The van der Waals surface area contributed by atoms with Crippen molar-refractivity contribution in [1.82, 2.24) is 0 Å². The highest BCUT2D eigenvalue weighted by atomic mass is 28.4. The smallest absolute Gasteiger partial charge is 0.460 e. The van der Waals surface area contributed by atoms with Gasteiger partial charge >= 0.3 is 29.3 Å². The van der Waals surface area contributed by atoms with Crippen LogP contribution in [0, 0.1) is 0 Å². The maximum absolute atomic E-state index is 11.5. The fourth-order valence-corrected chi connectivity index (χ4v) is 6.65. The molecule has 0 bridgehead atoms. The van der Waals surface area contributed by atoms with E-state index in [9.17, 15) is 9.59 Å². The minimum Gasteiger partial charge on any atom is -0.460 e. The summed E-state index contributed by atoms with van der Waals surface area (Å²) in [4.78, 5) is 22.9. The third-order valence-corrected chi connectivity index (χ3v) is 9.07. The van der Waals surface area contributed by atoms with Gasteiger partial charge in [0, 0.05) is 44.2 Å². The molecule has 0 N–H and O–H groups in total. The van der Waals surface area contributed by atoms with E-state index in [2.05, 4.69) is 13.2 Å². The summed E-state index contributed by atoms with van der Waals surface area (Å²) in [7, 11) is -5.34. The minimum atomic E-state index is -2.95. The number of hydrogen-bond acceptors (Lipinski definition) is 9. The monoisotopic (exact) mass is 564 g/mol. The molecule has 0 rings (SSSR count). The Kier molecular flexibility index (Phi) is 23.1. The molecule has 0 aliphatic rings. The predicted octanol–water partition coefficient (Wildman–Crippen LogP) is 5.43. The quantitative estimate of drug-likeness (QED) is 0.103. The summed E-state index contributed by atoms with van der Waals surface area (Å²) in [6.07, 6.45) is 4.67. The molecule has 0 atom stereocenters. The zero-order valence-corrected chi connectivity index (χ0v) is 26.6. The number of hydrogen-bond donors (Lipinski definition) is 0. The molecule has 0 saturated heterocycles. The Bertz CT molecular complexity index is 626. The van der Waals surface area contributed by atoms with E-state index in [1.54, 1.807) is 13.8 Å². The van der Waals surface area contributed by atoms with Crippen LogP contribution in [0.2, 0.25) is 6.55 Å². The molecule has 218 valence electrons. The fraction of sp³-hybridized carbons (Fsp3) is 0.769.